The largest absolute Gasteiger partial charge is 0.337 e. The molecular formula is C19H29N5O+2. The summed E-state index contributed by atoms with van der Waals surface area (Å²) in [7, 11) is 0. The number of hydrogen-bond donors (Lipinski definition) is 5. The van der Waals surface area contributed by atoms with Crippen molar-refractivity contribution in [2.45, 2.75) is 19.8 Å². The molecule has 1 aromatic carbocycles. The molecule has 2 fully saturated rings. The number of carbonyl (C=O) groups excluding carboxylic acids is 1. The first-order valence-corrected chi connectivity index (χ1v) is 9.46. The quantitative estimate of drug-likeness (QED) is 0.453. The minimum absolute atomic E-state index is 0.196. The van der Waals surface area contributed by atoms with Crippen LogP contribution in [0, 0.1) is 5.41 Å². The highest BCUT2D eigenvalue weighted by atomic mass is 16.2. The third-order valence-electron chi connectivity index (χ3n) is 5.88. The summed E-state index contributed by atoms with van der Waals surface area (Å²) in [5.41, 5.74) is 10.0. The summed E-state index contributed by atoms with van der Waals surface area (Å²) in [5, 5.41) is 2.88. The normalized spacial score (nSPS) is 30.1. The van der Waals surface area contributed by atoms with Crippen molar-refractivity contribution in [3.8, 4) is 0 Å². The lowest BCUT2D eigenvalue weighted by Crippen LogP contribution is -3.14. The summed E-state index contributed by atoms with van der Waals surface area (Å²) < 4.78 is 0. The molecule has 0 aliphatic carbocycles. The second-order valence-electron chi connectivity index (χ2n) is 7.79. The number of fused-ring (bicyclic) bond motifs is 1. The topological polar surface area (TPSA) is 62.0 Å². The molecule has 25 heavy (non-hydrogen) atoms. The number of hydrazine groups is 1. The SMILES string of the molecule is CCCC12C[NH+]3CC[NH+](CC(=C1NNC(=O)Nc1ccccc1)C3)C2. The van der Waals surface area contributed by atoms with Crippen LogP contribution in [0.4, 0.5) is 10.5 Å². The highest BCUT2D eigenvalue weighted by Crippen LogP contribution is 2.34. The van der Waals surface area contributed by atoms with Gasteiger partial charge in [-0.2, -0.15) is 0 Å². The lowest BCUT2D eigenvalue weighted by Gasteiger charge is -2.44. The number of para-hydroxylation sites is 1. The number of carbonyl (C=O) groups is 1. The van der Waals surface area contributed by atoms with Crippen LogP contribution in [0.5, 0.6) is 0 Å². The molecule has 2 saturated heterocycles. The molecule has 2 atom stereocenters. The van der Waals surface area contributed by atoms with Gasteiger partial charge < -0.3 is 15.1 Å². The van der Waals surface area contributed by atoms with Crippen LogP contribution >= 0.6 is 0 Å². The van der Waals surface area contributed by atoms with Gasteiger partial charge in [-0.15, -0.1) is 0 Å². The fraction of sp³-hybridized carbons (Fsp3) is 0.526. The first-order chi connectivity index (χ1) is 12.2. The van der Waals surface area contributed by atoms with E-state index >= 15 is 0 Å². The zero-order valence-electron chi connectivity index (χ0n) is 15.0. The molecule has 2 unspecified atom stereocenters. The van der Waals surface area contributed by atoms with Gasteiger partial charge in [-0.3, -0.25) is 10.9 Å². The minimum atomic E-state index is -0.210. The number of anilines is 1. The van der Waals surface area contributed by atoms with E-state index in [1.807, 2.05) is 30.3 Å². The number of urea groups is 1. The summed E-state index contributed by atoms with van der Waals surface area (Å²) in [6, 6.07) is 9.34. The van der Waals surface area contributed by atoms with Crippen molar-refractivity contribution >= 4 is 11.7 Å². The molecule has 5 N–H and O–H groups in total. The van der Waals surface area contributed by atoms with Gasteiger partial charge in [0.1, 0.15) is 31.6 Å². The van der Waals surface area contributed by atoms with Crippen molar-refractivity contribution in [3.05, 3.63) is 41.6 Å². The highest BCUT2D eigenvalue weighted by Gasteiger charge is 2.52. The number of hydrogen-bond acceptors (Lipinski definition) is 2. The van der Waals surface area contributed by atoms with Gasteiger partial charge in [0.05, 0.1) is 24.4 Å². The van der Waals surface area contributed by atoms with E-state index in [9.17, 15) is 4.79 Å². The van der Waals surface area contributed by atoms with Crippen molar-refractivity contribution < 1.29 is 14.6 Å². The third kappa shape index (κ3) is 3.24. The fourth-order valence-electron chi connectivity index (χ4n) is 5.05. The van der Waals surface area contributed by atoms with Gasteiger partial charge in [0, 0.05) is 5.69 Å². The van der Waals surface area contributed by atoms with Crippen LogP contribution in [-0.4, -0.2) is 45.3 Å². The van der Waals surface area contributed by atoms with Crippen LogP contribution < -0.4 is 26.0 Å². The van der Waals surface area contributed by atoms with E-state index in [2.05, 4.69) is 23.1 Å². The van der Waals surface area contributed by atoms with Gasteiger partial charge in [-0.05, 0) is 18.6 Å². The van der Waals surface area contributed by atoms with Crippen LogP contribution in [0.1, 0.15) is 19.8 Å². The lowest BCUT2D eigenvalue weighted by molar-refractivity contribution is -0.918. The minimum Gasteiger partial charge on any atom is -0.326 e. The summed E-state index contributed by atoms with van der Waals surface area (Å²) in [6.07, 6.45) is 2.36. The molecule has 4 aliphatic heterocycles. The van der Waals surface area contributed by atoms with Gasteiger partial charge in [-0.25, -0.2) is 4.79 Å². The van der Waals surface area contributed by atoms with E-state index in [-0.39, 0.29) is 11.4 Å². The van der Waals surface area contributed by atoms with E-state index < -0.39 is 0 Å². The number of benzene rings is 1. The van der Waals surface area contributed by atoms with E-state index in [0.717, 1.165) is 18.8 Å². The van der Waals surface area contributed by atoms with Gasteiger partial charge >= 0.3 is 6.03 Å². The van der Waals surface area contributed by atoms with Crippen LogP contribution in [0.2, 0.25) is 0 Å². The van der Waals surface area contributed by atoms with Crippen LogP contribution in [-0.2, 0) is 0 Å². The van der Waals surface area contributed by atoms with Crippen LogP contribution in [0.3, 0.4) is 0 Å². The maximum absolute atomic E-state index is 12.3. The molecule has 4 bridgehead atoms. The Kier molecular flexibility index (Phi) is 4.39. The zero-order chi connectivity index (χ0) is 17.3. The van der Waals surface area contributed by atoms with E-state index in [1.165, 1.54) is 50.3 Å². The number of nitrogens with one attached hydrogen (secondary N) is 5. The first-order valence-electron chi connectivity index (χ1n) is 9.46. The molecule has 6 nitrogen and oxygen atoms in total. The number of quaternary nitrogens is 2. The summed E-state index contributed by atoms with van der Waals surface area (Å²) in [4.78, 5) is 15.7. The Morgan fingerprint density at radius 3 is 2.44 bits per heavy atom. The summed E-state index contributed by atoms with van der Waals surface area (Å²) in [6.45, 7) is 9.45. The Hall–Kier alpha value is -2.05. The van der Waals surface area contributed by atoms with Crippen LogP contribution in [0.15, 0.2) is 41.6 Å². The van der Waals surface area contributed by atoms with E-state index in [0.29, 0.717) is 0 Å². The Balaban J connectivity index is 1.48. The van der Waals surface area contributed by atoms with Crippen molar-refractivity contribution in [2.24, 2.45) is 5.41 Å². The molecule has 4 aliphatic rings. The Morgan fingerprint density at radius 2 is 1.80 bits per heavy atom. The van der Waals surface area contributed by atoms with E-state index in [1.54, 1.807) is 9.80 Å². The van der Waals surface area contributed by atoms with Gasteiger partial charge in [0.25, 0.3) is 0 Å². The summed E-state index contributed by atoms with van der Waals surface area (Å²) >= 11 is 0. The van der Waals surface area contributed by atoms with Crippen molar-refractivity contribution in [3.63, 3.8) is 0 Å². The second-order valence-corrected chi connectivity index (χ2v) is 7.79. The van der Waals surface area contributed by atoms with Gasteiger partial charge in [0.15, 0.2) is 0 Å². The third-order valence-corrected chi connectivity index (χ3v) is 5.88. The van der Waals surface area contributed by atoms with Crippen molar-refractivity contribution in [1.29, 1.82) is 0 Å². The molecule has 0 saturated carbocycles. The molecule has 5 rings (SSSR count). The predicted octanol–water partition coefficient (Wildman–Crippen LogP) is -0.836. The molecule has 1 aromatic rings. The molecule has 0 radical (unpaired) electrons. The zero-order valence-corrected chi connectivity index (χ0v) is 15.0. The lowest BCUT2D eigenvalue weighted by atomic mass is 9.73. The smallest absolute Gasteiger partial charge is 0.326 e. The standard InChI is InChI=1S/C19H27N5O/c1-2-8-19-13-23-9-10-24(14-19)12-15(11-23)17(19)21-22-18(25)20-16-6-4-3-5-7-16/h3-7,21H,2,8-14H2,1H3,(H2,20,22,25)/p+2. The molecule has 2 amide bonds. The Bertz CT molecular complexity index is 654. The van der Waals surface area contributed by atoms with Crippen LogP contribution in [0.25, 0.3) is 0 Å². The molecule has 4 heterocycles. The highest BCUT2D eigenvalue weighted by molar-refractivity contribution is 5.88. The average Bonchev–Trinajstić information content (AvgIpc) is 2.83. The summed E-state index contributed by atoms with van der Waals surface area (Å²) in [5.74, 6) is 0. The average molecular weight is 343 g/mol. The maximum Gasteiger partial charge on any atom is 0.337 e. The molecule has 6 heteroatoms. The molecule has 0 aromatic heterocycles. The number of rotatable bonds is 5. The predicted molar refractivity (Wildman–Crippen MR) is 97.2 cm³/mol. The van der Waals surface area contributed by atoms with Crippen molar-refractivity contribution in [2.75, 3.05) is 44.6 Å². The van der Waals surface area contributed by atoms with Gasteiger partial charge in [-0.1, -0.05) is 31.5 Å². The van der Waals surface area contributed by atoms with Gasteiger partial charge in [0.2, 0.25) is 0 Å². The molecule has 0 spiro atoms. The molecule has 134 valence electrons. The van der Waals surface area contributed by atoms with E-state index in [4.69, 9.17) is 0 Å². The number of amides is 2. The Morgan fingerprint density at radius 1 is 1.12 bits per heavy atom. The maximum atomic E-state index is 12.3. The Labute approximate surface area is 149 Å². The molecular weight excluding hydrogens is 314 g/mol. The second kappa shape index (κ2) is 6.69. The monoisotopic (exact) mass is 343 g/mol. The van der Waals surface area contributed by atoms with Crippen molar-refractivity contribution in [1.82, 2.24) is 10.9 Å². The first kappa shape index (κ1) is 16.4. The fourth-order valence-corrected chi connectivity index (χ4v) is 5.05.